The average molecular weight is 248 g/mol. The van der Waals surface area contributed by atoms with Crippen molar-refractivity contribution in [1.82, 2.24) is 9.78 Å². The monoisotopic (exact) mass is 248 g/mol. The van der Waals surface area contributed by atoms with Gasteiger partial charge in [-0.15, -0.1) is 0 Å². The van der Waals surface area contributed by atoms with Crippen molar-refractivity contribution in [3.63, 3.8) is 0 Å². The summed E-state index contributed by atoms with van der Waals surface area (Å²) in [6.45, 7) is 7.07. The van der Waals surface area contributed by atoms with E-state index in [4.69, 9.17) is 0 Å². The number of ketones is 1. The third-order valence-electron chi connectivity index (χ3n) is 4.46. The van der Waals surface area contributed by atoms with E-state index in [-0.39, 0.29) is 5.41 Å². The lowest BCUT2D eigenvalue weighted by Gasteiger charge is -2.25. The Hall–Kier alpha value is -1.12. The zero-order valence-electron chi connectivity index (χ0n) is 11.8. The van der Waals surface area contributed by atoms with E-state index in [9.17, 15) is 4.79 Å². The molecule has 0 saturated heterocycles. The Morgan fingerprint density at radius 2 is 2.06 bits per heavy atom. The first-order chi connectivity index (χ1) is 8.61. The quantitative estimate of drug-likeness (QED) is 0.801. The molecular formula is C15H24N2O. The molecular weight excluding hydrogens is 224 g/mol. The van der Waals surface area contributed by atoms with Gasteiger partial charge in [-0.2, -0.15) is 5.10 Å². The van der Waals surface area contributed by atoms with Gasteiger partial charge in [-0.1, -0.05) is 19.8 Å². The number of rotatable bonds is 5. The van der Waals surface area contributed by atoms with Crippen molar-refractivity contribution in [2.24, 2.45) is 5.41 Å². The van der Waals surface area contributed by atoms with Crippen molar-refractivity contribution in [2.45, 2.75) is 65.8 Å². The lowest BCUT2D eigenvalue weighted by Crippen LogP contribution is -2.29. The number of hydrogen-bond donors (Lipinski definition) is 0. The van der Waals surface area contributed by atoms with Crippen molar-refractivity contribution < 1.29 is 4.79 Å². The summed E-state index contributed by atoms with van der Waals surface area (Å²) < 4.78 is 1.96. The Labute approximate surface area is 110 Å². The summed E-state index contributed by atoms with van der Waals surface area (Å²) in [4.78, 5) is 12.6. The molecule has 1 fully saturated rings. The second kappa shape index (κ2) is 5.25. The molecule has 0 radical (unpaired) electrons. The fourth-order valence-corrected chi connectivity index (χ4v) is 3.25. The molecule has 1 aliphatic carbocycles. The van der Waals surface area contributed by atoms with Crippen LogP contribution in [0.4, 0.5) is 0 Å². The summed E-state index contributed by atoms with van der Waals surface area (Å²) in [6, 6.07) is 2.06. The zero-order valence-corrected chi connectivity index (χ0v) is 11.8. The molecule has 1 aromatic rings. The molecule has 0 N–H and O–H groups in total. The van der Waals surface area contributed by atoms with Gasteiger partial charge in [0.2, 0.25) is 0 Å². The Morgan fingerprint density at radius 1 is 1.39 bits per heavy atom. The van der Waals surface area contributed by atoms with Crippen LogP contribution in [0.1, 0.15) is 57.3 Å². The predicted molar refractivity (Wildman–Crippen MR) is 72.5 cm³/mol. The Balaban J connectivity index is 2.15. The smallest absolute Gasteiger partial charge is 0.144 e. The minimum Gasteiger partial charge on any atom is -0.299 e. The molecule has 0 spiro atoms. The van der Waals surface area contributed by atoms with E-state index in [0.29, 0.717) is 12.2 Å². The third-order valence-corrected chi connectivity index (χ3v) is 4.46. The van der Waals surface area contributed by atoms with E-state index in [1.54, 1.807) is 0 Å². The number of hydrogen-bond acceptors (Lipinski definition) is 2. The highest BCUT2D eigenvalue weighted by Gasteiger charge is 2.38. The maximum absolute atomic E-state index is 12.6. The maximum atomic E-state index is 12.6. The standard InChI is InChI=1S/C15H24N2O/c1-4-15(8-6-7-9-15)14(18)11-13-10-12(3)16-17(13)5-2/h10H,4-9,11H2,1-3H3. The average Bonchev–Trinajstić information content (AvgIpc) is 2.96. The highest BCUT2D eigenvalue weighted by molar-refractivity contribution is 5.86. The van der Waals surface area contributed by atoms with Crippen LogP contribution in [0.2, 0.25) is 0 Å². The van der Waals surface area contributed by atoms with Crippen LogP contribution in [0.3, 0.4) is 0 Å². The van der Waals surface area contributed by atoms with Crippen LogP contribution in [0.5, 0.6) is 0 Å². The number of aromatic nitrogens is 2. The number of carbonyl (C=O) groups is 1. The van der Waals surface area contributed by atoms with Crippen LogP contribution in [0.15, 0.2) is 6.07 Å². The van der Waals surface area contributed by atoms with E-state index in [0.717, 1.165) is 37.2 Å². The van der Waals surface area contributed by atoms with Gasteiger partial charge < -0.3 is 0 Å². The Morgan fingerprint density at radius 3 is 2.61 bits per heavy atom. The van der Waals surface area contributed by atoms with Gasteiger partial charge in [-0.05, 0) is 39.2 Å². The predicted octanol–water partition coefficient (Wildman–Crippen LogP) is 3.29. The molecule has 0 amide bonds. The topological polar surface area (TPSA) is 34.9 Å². The van der Waals surface area contributed by atoms with Gasteiger partial charge in [0.05, 0.1) is 5.69 Å². The number of Topliss-reactive ketones (excluding diaryl/α,β-unsaturated/α-hetero) is 1. The minimum absolute atomic E-state index is 0.0310. The molecule has 3 nitrogen and oxygen atoms in total. The van der Waals surface area contributed by atoms with Gasteiger partial charge in [-0.25, -0.2) is 0 Å². The van der Waals surface area contributed by atoms with Crippen molar-refractivity contribution in [3.05, 3.63) is 17.5 Å². The highest BCUT2D eigenvalue weighted by Crippen LogP contribution is 2.42. The van der Waals surface area contributed by atoms with Gasteiger partial charge in [0.15, 0.2) is 0 Å². The molecule has 0 aromatic carbocycles. The lowest BCUT2D eigenvalue weighted by molar-refractivity contribution is -0.128. The van der Waals surface area contributed by atoms with Crippen LogP contribution in [0.25, 0.3) is 0 Å². The molecule has 0 bridgehead atoms. The van der Waals surface area contributed by atoms with Crippen LogP contribution in [-0.4, -0.2) is 15.6 Å². The molecule has 0 atom stereocenters. The summed E-state index contributed by atoms with van der Waals surface area (Å²) in [5.74, 6) is 0.428. The number of nitrogens with zero attached hydrogens (tertiary/aromatic N) is 2. The Kier molecular flexibility index (Phi) is 3.88. The van der Waals surface area contributed by atoms with Crippen LogP contribution in [-0.2, 0) is 17.8 Å². The van der Waals surface area contributed by atoms with Crippen LogP contribution in [0, 0.1) is 12.3 Å². The second-order valence-electron chi connectivity index (χ2n) is 5.53. The summed E-state index contributed by atoms with van der Waals surface area (Å²) in [7, 11) is 0. The molecule has 1 heterocycles. The second-order valence-corrected chi connectivity index (χ2v) is 5.53. The maximum Gasteiger partial charge on any atom is 0.144 e. The molecule has 2 rings (SSSR count). The van der Waals surface area contributed by atoms with E-state index >= 15 is 0 Å². The van der Waals surface area contributed by atoms with Crippen molar-refractivity contribution in [3.8, 4) is 0 Å². The van der Waals surface area contributed by atoms with Crippen molar-refractivity contribution in [2.75, 3.05) is 0 Å². The fourth-order valence-electron chi connectivity index (χ4n) is 3.25. The molecule has 18 heavy (non-hydrogen) atoms. The van der Waals surface area contributed by atoms with E-state index in [1.165, 1.54) is 12.8 Å². The van der Waals surface area contributed by atoms with E-state index < -0.39 is 0 Å². The first-order valence-electron chi connectivity index (χ1n) is 7.18. The zero-order chi connectivity index (χ0) is 13.2. The molecule has 0 aliphatic heterocycles. The number of carbonyl (C=O) groups excluding carboxylic acids is 1. The lowest BCUT2D eigenvalue weighted by atomic mass is 9.77. The van der Waals surface area contributed by atoms with Gasteiger partial charge in [0.25, 0.3) is 0 Å². The summed E-state index contributed by atoms with van der Waals surface area (Å²) in [5.41, 5.74) is 2.06. The summed E-state index contributed by atoms with van der Waals surface area (Å²) >= 11 is 0. The molecule has 100 valence electrons. The largest absolute Gasteiger partial charge is 0.299 e. The summed E-state index contributed by atoms with van der Waals surface area (Å²) in [6.07, 6.45) is 6.15. The summed E-state index contributed by atoms with van der Waals surface area (Å²) in [5, 5.41) is 4.42. The van der Waals surface area contributed by atoms with E-state index in [2.05, 4.69) is 25.0 Å². The van der Waals surface area contributed by atoms with Gasteiger partial charge in [0.1, 0.15) is 5.78 Å². The van der Waals surface area contributed by atoms with Crippen molar-refractivity contribution in [1.29, 1.82) is 0 Å². The molecule has 1 aliphatic rings. The van der Waals surface area contributed by atoms with Crippen LogP contribution < -0.4 is 0 Å². The van der Waals surface area contributed by atoms with E-state index in [1.807, 2.05) is 11.6 Å². The highest BCUT2D eigenvalue weighted by atomic mass is 16.1. The minimum atomic E-state index is -0.0310. The first kappa shape index (κ1) is 13.3. The van der Waals surface area contributed by atoms with Gasteiger partial charge in [0, 0.05) is 24.1 Å². The SMILES string of the molecule is CCn1nc(C)cc1CC(=O)C1(CC)CCCC1. The molecule has 3 heteroatoms. The van der Waals surface area contributed by atoms with Crippen molar-refractivity contribution >= 4 is 5.78 Å². The fraction of sp³-hybridized carbons (Fsp3) is 0.733. The van der Waals surface area contributed by atoms with Crippen LogP contribution >= 0.6 is 0 Å². The first-order valence-corrected chi connectivity index (χ1v) is 7.18. The normalized spacial score (nSPS) is 18.2. The molecule has 1 saturated carbocycles. The van der Waals surface area contributed by atoms with Gasteiger partial charge in [-0.3, -0.25) is 9.48 Å². The molecule has 0 unspecified atom stereocenters. The third kappa shape index (κ3) is 2.36. The molecule has 1 aromatic heterocycles. The number of aryl methyl sites for hydroxylation is 2. The van der Waals surface area contributed by atoms with Gasteiger partial charge >= 0.3 is 0 Å². The Bertz CT molecular complexity index is 428.